The summed E-state index contributed by atoms with van der Waals surface area (Å²) in [5.41, 5.74) is 10.1. The standard InChI is InChI=1S/C15H15N3/c16-10-13-7-4-8-18-11-14(17-15(13)18)9-12-5-2-1-3-6-12/h1-8,11H,9-10,16H2. The Hall–Kier alpha value is -2.13. The number of benzene rings is 1. The average molecular weight is 237 g/mol. The van der Waals surface area contributed by atoms with Crippen molar-refractivity contribution >= 4 is 5.65 Å². The molecule has 18 heavy (non-hydrogen) atoms. The van der Waals surface area contributed by atoms with Gasteiger partial charge in [0.05, 0.1) is 5.69 Å². The molecule has 3 heteroatoms. The lowest BCUT2D eigenvalue weighted by molar-refractivity contribution is 1.04. The van der Waals surface area contributed by atoms with Crippen molar-refractivity contribution < 1.29 is 0 Å². The number of hydrogen-bond donors (Lipinski definition) is 1. The zero-order chi connectivity index (χ0) is 12.4. The van der Waals surface area contributed by atoms with E-state index in [0.717, 1.165) is 23.3 Å². The van der Waals surface area contributed by atoms with Gasteiger partial charge in [0, 0.05) is 30.9 Å². The van der Waals surface area contributed by atoms with Crippen molar-refractivity contribution in [3.63, 3.8) is 0 Å². The maximum atomic E-state index is 5.72. The number of pyridine rings is 1. The molecule has 3 rings (SSSR count). The largest absolute Gasteiger partial charge is 0.326 e. The molecular weight excluding hydrogens is 222 g/mol. The predicted octanol–water partition coefficient (Wildman–Crippen LogP) is 2.38. The first-order valence-electron chi connectivity index (χ1n) is 6.06. The molecular formula is C15H15N3. The van der Waals surface area contributed by atoms with Crippen LogP contribution in [0.4, 0.5) is 0 Å². The van der Waals surface area contributed by atoms with Gasteiger partial charge in [0.15, 0.2) is 0 Å². The first-order valence-corrected chi connectivity index (χ1v) is 6.06. The zero-order valence-electron chi connectivity index (χ0n) is 10.1. The van der Waals surface area contributed by atoms with Gasteiger partial charge < -0.3 is 10.1 Å². The lowest BCUT2D eigenvalue weighted by Crippen LogP contribution is -1.99. The van der Waals surface area contributed by atoms with Gasteiger partial charge in [-0.1, -0.05) is 36.4 Å². The SMILES string of the molecule is NCc1cccn2cc(Cc3ccccc3)nc12. The molecule has 0 unspecified atom stereocenters. The van der Waals surface area contributed by atoms with E-state index in [1.807, 2.05) is 28.8 Å². The van der Waals surface area contributed by atoms with E-state index in [4.69, 9.17) is 5.73 Å². The Bertz CT molecular complexity index is 656. The summed E-state index contributed by atoms with van der Waals surface area (Å²) in [6.45, 7) is 0.520. The first-order chi connectivity index (χ1) is 8.86. The van der Waals surface area contributed by atoms with E-state index in [2.05, 4.69) is 35.4 Å². The average Bonchev–Trinajstić information content (AvgIpc) is 2.82. The van der Waals surface area contributed by atoms with Crippen LogP contribution in [-0.2, 0) is 13.0 Å². The minimum atomic E-state index is 0.520. The van der Waals surface area contributed by atoms with Crippen molar-refractivity contribution in [1.29, 1.82) is 0 Å². The molecule has 3 nitrogen and oxygen atoms in total. The summed E-state index contributed by atoms with van der Waals surface area (Å²) in [7, 11) is 0. The van der Waals surface area contributed by atoms with Gasteiger partial charge >= 0.3 is 0 Å². The quantitative estimate of drug-likeness (QED) is 0.760. The van der Waals surface area contributed by atoms with Crippen LogP contribution in [-0.4, -0.2) is 9.38 Å². The number of fused-ring (bicyclic) bond motifs is 1. The summed E-state index contributed by atoms with van der Waals surface area (Å²) < 4.78 is 2.04. The number of nitrogens with zero attached hydrogens (tertiary/aromatic N) is 2. The Morgan fingerprint density at radius 1 is 1.06 bits per heavy atom. The van der Waals surface area contributed by atoms with Crippen LogP contribution >= 0.6 is 0 Å². The molecule has 0 spiro atoms. The van der Waals surface area contributed by atoms with E-state index in [0.29, 0.717) is 6.54 Å². The number of rotatable bonds is 3. The van der Waals surface area contributed by atoms with Gasteiger partial charge in [-0.3, -0.25) is 0 Å². The van der Waals surface area contributed by atoms with Crippen molar-refractivity contribution in [2.75, 3.05) is 0 Å². The normalized spacial score (nSPS) is 10.9. The smallest absolute Gasteiger partial charge is 0.141 e. The fourth-order valence-corrected chi connectivity index (χ4v) is 2.17. The Balaban J connectivity index is 1.99. The van der Waals surface area contributed by atoms with Crippen LogP contribution in [0.5, 0.6) is 0 Å². The molecule has 0 aliphatic rings. The van der Waals surface area contributed by atoms with Gasteiger partial charge in [-0.05, 0) is 11.6 Å². The summed E-state index contributed by atoms with van der Waals surface area (Å²) in [6.07, 6.45) is 4.93. The van der Waals surface area contributed by atoms with Gasteiger partial charge in [-0.2, -0.15) is 0 Å². The summed E-state index contributed by atoms with van der Waals surface area (Å²) in [4.78, 5) is 4.66. The maximum absolute atomic E-state index is 5.72. The van der Waals surface area contributed by atoms with Crippen LogP contribution in [0, 0.1) is 0 Å². The van der Waals surface area contributed by atoms with Crippen molar-refractivity contribution in [2.24, 2.45) is 5.73 Å². The minimum absolute atomic E-state index is 0.520. The molecule has 0 atom stereocenters. The van der Waals surface area contributed by atoms with Crippen molar-refractivity contribution in [3.05, 3.63) is 71.7 Å². The Kier molecular flexibility index (Phi) is 2.82. The van der Waals surface area contributed by atoms with E-state index >= 15 is 0 Å². The van der Waals surface area contributed by atoms with E-state index in [9.17, 15) is 0 Å². The molecule has 0 radical (unpaired) electrons. The molecule has 0 amide bonds. The monoisotopic (exact) mass is 237 g/mol. The highest BCUT2D eigenvalue weighted by molar-refractivity contribution is 5.49. The van der Waals surface area contributed by atoms with Crippen molar-refractivity contribution in [3.8, 4) is 0 Å². The third-order valence-corrected chi connectivity index (χ3v) is 3.06. The van der Waals surface area contributed by atoms with Gasteiger partial charge in [0.25, 0.3) is 0 Å². The second-order valence-corrected chi connectivity index (χ2v) is 4.36. The summed E-state index contributed by atoms with van der Waals surface area (Å²) in [5, 5.41) is 0. The lowest BCUT2D eigenvalue weighted by atomic mass is 10.1. The number of nitrogens with two attached hydrogens (primary N) is 1. The molecule has 0 aliphatic carbocycles. The fourth-order valence-electron chi connectivity index (χ4n) is 2.17. The topological polar surface area (TPSA) is 43.3 Å². The molecule has 90 valence electrons. The van der Waals surface area contributed by atoms with Crippen LogP contribution in [0.1, 0.15) is 16.8 Å². The highest BCUT2D eigenvalue weighted by atomic mass is 15.0. The minimum Gasteiger partial charge on any atom is -0.326 e. The number of hydrogen-bond acceptors (Lipinski definition) is 2. The molecule has 0 fully saturated rings. The maximum Gasteiger partial charge on any atom is 0.141 e. The highest BCUT2D eigenvalue weighted by Crippen LogP contribution is 2.13. The number of aromatic nitrogens is 2. The molecule has 0 aliphatic heterocycles. The molecule has 1 aromatic carbocycles. The second kappa shape index (κ2) is 4.63. The lowest BCUT2D eigenvalue weighted by Gasteiger charge is -1.98. The molecule has 2 heterocycles. The van der Waals surface area contributed by atoms with E-state index in [1.54, 1.807) is 0 Å². The summed E-state index contributed by atoms with van der Waals surface area (Å²) >= 11 is 0. The fraction of sp³-hybridized carbons (Fsp3) is 0.133. The van der Waals surface area contributed by atoms with Crippen LogP contribution in [0.3, 0.4) is 0 Å². The molecule has 0 bridgehead atoms. The first kappa shape index (κ1) is 11.0. The molecule has 2 N–H and O–H groups in total. The summed E-state index contributed by atoms with van der Waals surface area (Å²) in [6, 6.07) is 14.4. The van der Waals surface area contributed by atoms with Gasteiger partial charge in [-0.25, -0.2) is 4.98 Å². The van der Waals surface area contributed by atoms with Gasteiger partial charge in [0.2, 0.25) is 0 Å². The Morgan fingerprint density at radius 2 is 1.89 bits per heavy atom. The Labute approximate surface area is 106 Å². The summed E-state index contributed by atoms with van der Waals surface area (Å²) in [5.74, 6) is 0. The van der Waals surface area contributed by atoms with Crippen molar-refractivity contribution in [2.45, 2.75) is 13.0 Å². The van der Waals surface area contributed by atoms with E-state index in [-0.39, 0.29) is 0 Å². The van der Waals surface area contributed by atoms with E-state index in [1.165, 1.54) is 5.56 Å². The third-order valence-electron chi connectivity index (χ3n) is 3.06. The van der Waals surface area contributed by atoms with Crippen LogP contribution in [0.25, 0.3) is 5.65 Å². The number of imidazole rings is 1. The second-order valence-electron chi connectivity index (χ2n) is 4.36. The van der Waals surface area contributed by atoms with Crippen LogP contribution in [0.15, 0.2) is 54.9 Å². The van der Waals surface area contributed by atoms with Gasteiger partial charge in [-0.15, -0.1) is 0 Å². The third kappa shape index (κ3) is 2.00. The van der Waals surface area contributed by atoms with E-state index < -0.39 is 0 Å². The molecule has 0 saturated heterocycles. The predicted molar refractivity (Wildman–Crippen MR) is 72.3 cm³/mol. The highest BCUT2D eigenvalue weighted by Gasteiger charge is 2.05. The molecule has 0 saturated carbocycles. The van der Waals surface area contributed by atoms with Crippen LogP contribution in [0.2, 0.25) is 0 Å². The molecule has 3 aromatic rings. The van der Waals surface area contributed by atoms with Crippen molar-refractivity contribution in [1.82, 2.24) is 9.38 Å². The zero-order valence-corrected chi connectivity index (χ0v) is 10.1. The Morgan fingerprint density at radius 3 is 2.67 bits per heavy atom. The van der Waals surface area contributed by atoms with Crippen LogP contribution < -0.4 is 5.73 Å². The molecule has 2 aromatic heterocycles. The van der Waals surface area contributed by atoms with Gasteiger partial charge in [0.1, 0.15) is 5.65 Å².